The Labute approximate surface area is 257 Å². The van der Waals surface area contributed by atoms with Gasteiger partial charge in [0.1, 0.15) is 0 Å². The molecule has 0 saturated carbocycles. The minimum Gasteiger partial charge on any atom is -0.394 e. The largest absolute Gasteiger partial charge is 0.394 e. The number of aryl methyl sites for hydroxylation is 1. The molecule has 226 valence electrons. The maximum absolute atomic E-state index is 13.8. The van der Waals surface area contributed by atoms with Crippen LogP contribution in [0.15, 0.2) is 91.5 Å². The molecule has 3 aromatic carbocycles. The van der Waals surface area contributed by atoms with Gasteiger partial charge in [0.2, 0.25) is 11.8 Å². The van der Waals surface area contributed by atoms with E-state index in [9.17, 15) is 24.6 Å². The zero-order valence-electron chi connectivity index (χ0n) is 24.9. The van der Waals surface area contributed by atoms with Crippen LogP contribution in [-0.2, 0) is 39.4 Å². The van der Waals surface area contributed by atoms with Crippen molar-refractivity contribution >= 4 is 34.8 Å². The topological polar surface area (TPSA) is 101 Å². The molecule has 0 fully saturated rings. The van der Waals surface area contributed by atoms with Gasteiger partial charge in [0, 0.05) is 43.1 Å². The fraction of sp³-hybridized carbons (Fsp3) is 0.306. The highest BCUT2D eigenvalue weighted by atomic mass is 16.3. The van der Waals surface area contributed by atoms with Crippen LogP contribution in [0.1, 0.15) is 42.0 Å². The van der Waals surface area contributed by atoms with Crippen molar-refractivity contribution < 1.29 is 24.6 Å². The fourth-order valence-corrected chi connectivity index (χ4v) is 6.77. The summed E-state index contributed by atoms with van der Waals surface area (Å²) in [5.41, 5.74) is 3.71. The first-order valence-electron chi connectivity index (χ1n) is 15.1. The molecular formula is C36H37N3O5. The summed E-state index contributed by atoms with van der Waals surface area (Å²) in [5.74, 6) is -1.35. The molecule has 3 aliphatic rings. The molecule has 0 aromatic heterocycles. The molecule has 3 atom stereocenters. The van der Waals surface area contributed by atoms with Gasteiger partial charge < -0.3 is 20.0 Å². The number of aliphatic hydroxyl groups is 2. The Morgan fingerprint density at radius 3 is 2.50 bits per heavy atom. The van der Waals surface area contributed by atoms with Crippen LogP contribution < -0.4 is 9.80 Å². The van der Waals surface area contributed by atoms with Gasteiger partial charge in [-0.25, -0.2) is 0 Å². The highest BCUT2D eigenvalue weighted by Crippen LogP contribution is 2.47. The molecule has 3 amide bonds. The molecule has 0 bridgehead atoms. The van der Waals surface area contributed by atoms with E-state index in [4.69, 9.17) is 0 Å². The number of carbonyl (C=O) groups is 3. The van der Waals surface area contributed by atoms with Crippen LogP contribution in [0.3, 0.4) is 0 Å². The van der Waals surface area contributed by atoms with Crippen LogP contribution in [0.4, 0.5) is 17.1 Å². The van der Waals surface area contributed by atoms with Crippen molar-refractivity contribution in [1.29, 1.82) is 0 Å². The van der Waals surface area contributed by atoms with E-state index >= 15 is 0 Å². The van der Waals surface area contributed by atoms with Crippen LogP contribution in [0.5, 0.6) is 0 Å². The van der Waals surface area contributed by atoms with Crippen LogP contribution in [0.2, 0.25) is 0 Å². The van der Waals surface area contributed by atoms with Crippen molar-refractivity contribution in [3.8, 4) is 0 Å². The van der Waals surface area contributed by atoms with Crippen LogP contribution in [-0.4, -0.2) is 52.0 Å². The lowest BCUT2D eigenvalue weighted by Crippen LogP contribution is -2.46. The molecule has 8 heteroatoms. The third-order valence-corrected chi connectivity index (χ3v) is 9.18. The summed E-state index contributed by atoms with van der Waals surface area (Å²) in [7, 11) is 0. The number of fused-ring (bicyclic) bond motifs is 3. The molecule has 0 unspecified atom stereocenters. The molecule has 0 saturated heterocycles. The van der Waals surface area contributed by atoms with E-state index in [0.29, 0.717) is 42.7 Å². The number of amides is 3. The monoisotopic (exact) mass is 591 g/mol. The van der Waals surface area contributed by atoms with Gasteiger partial charge in [0.15, 0.2) is 5.60 Å². The van der Waals surface area contributed by atoms with Crippen molar-refractivity contribution in [3.63, 3.8) is 0 Å². The molecule has 6 rings (SSSR count). The second kappa shape index (κ2) is 11.9. The first-order chi connectivity index (χ1) is 21.3. The lowest BCUT2D eigenvalue weighted by Gasteiger charge is -2.36. The van der Waals surface area contributed by atoms with E-state index in [2.05, 4.69) is 6.58 Å². The summed E-state index contributed by atoms with van der Waals surface area (Å²) in [5, 5.41) is 22.1. The van der Waals surface area contributed by atoms with Crippen LogP contribution in [0, 0.1) is 5.92 Å². The van der Waals surface area contributed by atoms with Crippen molar-refractivity contribution in [2.45, 2.75) is 50.8 Å². The predicted molar refractivity (Wildman–Crippen MR) is 169 cm³/mol. The standard InChI is InChI=1S/C36H37N3O5/c1-3-19-37-32-17-16-28(39-31-13-7-6-10-25(31)15-18-34(39)42)21-30(32)36(44,35(37)43)24(2)9-8-14-33(41)38-22-27-12-5-4-11-26(27)20-29(38)23-40/h3-13,16-17,21,24,29,40,44H,1,14-15,18-20,22-23H2,2H3/b9-8+/t24-,29+,36+/m1/s1. The normalized spacial score (nSPS) is 21.7. The van der Waals surface area contributed by atoms with Gasteiger partial charge in [-0.2, -0.15) is 0 Å². The Balaban J connectivity index is 1.28. The Bertz CT molecular complexity index is 1660. The summed E-state index contributed by atoms with van der Waals surface area (Å²) < 4.78 is 0. The van der Waals surface area contributed by atoms with Crippen molar-refractivity contribution in [2.24, 2.45) is 5.92 Å². The molecule has 3 aliphatic heterocycles. The number of anilines is 3. The van der Waals surface area contributed by atoms with E-state index in [0.717, 1.165) is 22.4 Å². The molecule has 2 N–H and O–H groups in total. The second-order valence-electron chi connectivity index (χ2n) is 11.8. The van der Waals surface area contributed by atoms with Gasteiger partial charge in [-0.15, -0.1) is 6.58 Å². The van der Waals surface area contributed by atoms with E-state index in [1.807, 2.05) is 54.6 Å². The van der Waals surface area contributed by atoms with E-state index in [1.54, 1.807) is 47.1 Å². The quantitative estimate of drug-likeness (QED) is 0.375. The zero-order chi connectivity index (χ0) is 31.0. The number of benzene rings is 3. The SMILES string of the molecule is C=CCN1C(=O)[C@](O)([C@H](C)/C=C/CC(=O)N2Cc3ccccc3C[C@H]2CO)c2cc(N3C(=O)CCc4ccccc43)ccc21. The summed E-state index contributed by atoms with van der Waals surface area (Å²) >= 11 is 0. The fourth-order valence-electron chi connectivity index (χ4n) is 6.77. The maximum atomic E-state index is 13.8. The lowest BCUT2D eigenvalue weighted by atomic mass is 9.82. The first kappa shape index (κ1) is 29.5. The van der Waals surface area contributed by atoms with E-state index in [1.165, 1.54) is 4.90 Å². The predicted octanol–water partition coefficient (Wildman–Crippen LogP) is 4.55. The Hall–Kier alpha value is -4.53. The molecular weight excluding hydrogens is 554 g/mol. The Kier molecular flexibility index (Phi) is 7.97. The smallest absolute Gasteiger partial charge is 0.264 e. The molecule has 44 heavy (non-hydrogen) atoms. The Morgan fingerprint density at radius 2 is 1.75 bits per heavy atom. The molecule has 0 spiro atoms. The first-order valence-corrected chi connectivity index (χ1v) is 15.1. The molecule has 8 nitrogen and oxygen atoms in total. The van der Waals surface area contributed by atoms with E-state index in [-0.39, 0.29) is 37.4 Å². The van der Waals surface area contributed by atoms with Crippen molar-refractivity contribution in [1.82, 2.24) is 4.90 Å². The van der Waals surface area contributed by atoms with E-state index < -0.39 is 17.4 Å². The number of para-hydroxylation sites is 1. The zero-order valence-corrected chi connectivity index (χ0v) is 24.9. The van der Waals surface area contributed by atoms with Gasteiger partial charge in [0.05, 0.1) is 24.0 Å². The molecule has 3 heterocycles. The highest BCUT2D eigenvalue weighted by Gasteiger charge is 2.52. The average Bonchev–Trinajstić information content (AvgIpc) is 3.26. The molecule has 0 radical (unpaired) electrons. The third-order valence-electron chi connectivity index (χ3n) is 9.18. The molecule has 3 aromatic rings. The highest BCUT2D eigenvalue weighted by molar-refractivity contribution is 6.09. The van der Waals surface area contributed by atoms with Gasteiger partial charge in [0.25, 0.3) is 5.91 Å². The lowest BCUT2D eigenvalue weighted by molar-refractivity contribution is -0.139. The summed E-state index contributed by atoms with van der Waals surface area (Å²) in [6.45, 7) is 6.05. The maximum Gasteiger partial charge on any atom is 0.264 e. The van der Waals surface area contributed by atoms with Gasteiger partial charge in [-0.3, -0.25) is 19.3 Å². The number of aliphatic hydroxyl groups excluding tert-OH is 1. The summed E-state index contributed by atoms with van der Waals surface area (Å²) in [6, 6.07) is 20.7. The number of hydrogen-bond donors (Lipinski definition) is 2. The van der Waals surface area contributed by atoms with Gasteiger partial charge in [-0.05, 0) is 53.8 Å². The number of rotatable bonds is 8. The second-order valence-corrected chi connectivity index (χ2v) is 11.8. The summed E-state index contributed by atoms with van der Waals surface area (Å²) in [6.07, 6.45) is 6.69. The third kappa shape index (κ3) is 4.94. The van der Waals surface area contributed by atoms with Crippen molar-refractivity contribution in [2.75, 3.05) is 23.0 Å². The summed E-state index contributed by atoms with van der Waals surface area (Å²) in [4.78, 5) is 45.1. The van der Waals surface area contributed by atoms with Crippen LogP contribution in [0.25, 0.3) is 0 Å². The number of carbonyl (C=O) groups excluding carboxylic acids is 3. The van der Waals surface area contributed by atoms with Gasteiger partial charge in [-0.1, -0.05) is 67.6 Å². The minimum absolute atomic E-state index is 0.0487. The Morgan fingerprint density at radius 1 is 1.02 bits per heavy atom. The number of hydrogen-bond acceptors (Lipinski definition) is 5. The minimum atomic E-state index is -1.91. The van der Waals surface area contributed by atoms with Gasteiger partial charge >= 0.3 is 0 Å². The molecule has 0 aliphatic carbocycles. The van der Waals surface area contributed by atoms with Crippen molar-refractivity contribution in [3.05, 3.63) is 114 Å². The van der Waals surface area contributed by atoms with Crippen LogP contribution >= 0.6 is 0 Å². The number of nitrogens with zero attached hydrogens (tertiary/aromatic N) is 3. The average molecular weight is 592 g/mol.